The fraction of sp³-hybridized carbons (Fsp3) is 0.182. The molecule has 2 aromatic heterocycles. The van der Waals surface area contributed by atoms with Crippen molar-refractivity contribution in [1.82, 2.24) is 24.3 Å². The summed E-state index contributed by atoms with van der Waals surface area (Å²) in [5, 5.41) is 20.3. The Morgan fingerprint density at radius 2 is 2.00 bits per heavy atom. The quantitative estimate of drug-likeness (QED) is 0.208. The lowest BCUT2D eigenvalue weighted by molar-refractivity contribution is -0.384. The summed E-state index contributed by atoms with van der Waals surface area (Å²) in [6.07, 6.45) is 1.09. The summed E-state index contributed by atoms with van der Waals surface area (Å²) in [6.45, 7) is 2.11. The zero-order valence-corrected chi connectivity index (χ0v) is 18.6. The van der Waals surface area contributed by atoms with Gasteiger partial charge in [-0.3, -0.25) is 14.7 Å². The minimum atomic E-state index is -0.848. The van der Waals surface area contributed by atoms with Crippen LogP contribution in [-0.2, 0) is 17.7 Å². The molecule has 0 saturated carbocycles. The molecule has 5 rings (SSSR count). The molecule has 0 N–H and O–H groups in total. The Balaban J connectivity index is 1.59. The van der Waals surface area contributed by atoms with E-state index in [0.717, 1.165) is 16.8 Å². The molecule has 0 radical (unpaired) electrons. The van der Waals surface area contributed by atoms with Gasteiger partial charge >= 0.3 is 6.16 Å². The standard InChI is InChI=1S/C22H17ClN6O5/c1-2-33-22(30)34-21-18-11-27-19(9-13-3-6-15(7-4-13)29(31)32)25-26-20(27)16-10-14(23)5-8-17(16)28(18)12-24-21/h3-8,10,12H,2,9,11H2,1H3. The summed E-state index contributed by atoms with van der Waals surface area (Å²) in [5.41, 5.74) is 2.91. The minimum absolute atomic E-state index is 0.0112. The van der Waals surface area contributed by atoms with Crippen LogP contribution in [0.4, 0.5) is 10.5 Å². The van der Waals surface area contributed by atoms with E-state index in [0.29, 0.717) is 28.8 Å². The van der Waals surface area contributed by atoms with Crippen molar-refractivity contribution < 1.29 is 19.2 Å². The Morgan fingerprint density at radius 1 is 1.21 bits per heavy atom. The number of hydrogen-bond acceptors (Lipinski definition) is 8. The zero-order valence-electron chi connectivity index (χ0n) is 17.8. The fourth-order valence-electron chi connectivity index (χ4n) is 3.82. The normalized spacial score (nSPS) is 11.7. The highest BCUT2D eigenvalue weighted by molar-refractivity contribution is 6.31. The number of carbonyl (C=O) groups excluding carboxylic acids is 1. The first-order chi connectivity index (χ1) is 16.4. The van der Waals surface area contributed by atoms with Crippen LogP contribution in [-0.4, -0.2) is 42.0 Å². The summed E-state index contributed by atoms with van der Waals surface area (Å²) in [7, 11) is 0. The summed E-state index contributed by atoms with van der Waals surface area (Å²) in [6, 6.07) is 11.6. The molecule has 0 bridgehead atoms. The maximum Gasteiger partial charge on any atom is 0.515 e. The lowest BCUT2D eigenvalue weighted by Crippen LogP contribution is -2.14. The number of nitro benzene ring substituents is 1. The first-order valence-corrected chi connectivity index (χ1v) is 10.7. The number of nitrogens with zero attached hydrogens (tertiary/aromatic N) is 6. The number of carbonyl (C=O) groups is 1. The number of ether oxygens (including phenoxy) is 2. The summed E-state index contributed by atoms with van der Waals surface area (Å²) in [4.78, 5) is 26.7. The number of fused-ring (bicyclic) bond motifs is 5. The highest BCUT2D eigenvalue weighted by atomic mass is 35.5. The number of hydrogen-bond donors (Lipinski definition) is 0. The molecule has 1 aliphatic rings. The number of benzene rings is 2. The van der Waals surface area contributed by atoms with Crippen molar-refractivity contribution in [3.05, 3.63) is 81.0 Å². The molecule has 1 aliphatic heterocycles. The van der Waals surface area contributed by atoms with Gasteiger partial charge in [0.1, 0.15) is 17.8 Å². The van der Waals surface area contributed by atoms with Crippen LogP contribution in [0.25, 0.3) is 17.1 Å². The van der Waals surface area contributed by atoms with Crippen molar-refractivity contribution in [2.75, 3.05) is 6.61 Å². The second kappa shape index (κ2) is 8.60. The van der Waals surface area contributed by atoms with Crippen LogP contribution >= 0.6 is 11.6 Å². The van der Waals surface area contributed by atoms with Crippen LogP contribution in [0.1, 0.15) is 24.0 Å². The Kier molecular flexibility index (Phi) is 5.46. The monoisotopic (exact) mass is 480 g/mol. The number of non-ortho nitro benzene ring substituents is 1. The SMILES string of the molecule is CCOC(=O)Oc1ncn2c1Cn1c(Cc3ccc([N+](=O)[O-])cc3)nnc1-c1cc(Cl)ccc1-2. The van der Waals surface area contributed by atoms with E-state index in [-0.39, 0.29) is 24.7 Å². The van der Waals surface area contributed by atoms with E-state index < -0.39 is 11.1 Å². The average Bonchev–Trinajstić information content (AvgIpc) is 3.35. The molecular formula is C22H17ClN6O5. The molecule has 0 atom stereocenters. The highest BCUT2D eigenvalue weighted by Gasteiger charge is 2.28. The van der Waals surface area contributed by atoms with Crippen LogP contribution in [0.3, 0.4) is 0 Å². The molecule has 12 heteroatoms. The molecule has 2 aromatic carbocycles. The molecule has 0 spiro atoms. The third-order valence-electron chi connectivity index (χ3n) is 5.37. The van der Waals surface area contributed by atoms with Crippen LogP contribution in [0, 0.1) is 10.1 Å². The molecule has 34 heavy (non-hydrogen) atoms. The smallest absolute Gasteiger partial charge is 0.434 e. The Bertz CT molecular complexity index is 1410. The van der Waals surface area contributed by atoms with Crippen molar-refractivity contribution >= 4 is 23.4 Å². The van der Waals surface area contributed by atoms with Crippen molar-refractivity contribution in [3.8, 4) is 23.0 Å². The Hall–Kier alpha value is -4.25. The van der Waals surface area contributed by atoms with Crippen molar-refractivity contribution in [2.45, 2.75) is 19.9 Å². The number of aromatic nitrogens is 5. The van der Waals surface area contributed by atoms with Crippen LogP contribution in [0.2, 0.25) is 5.02 Å². The van der Waals surface area contributed by atoms with Crippen molar-refractivity contribution in [3.63, 3.8) is 0 Å². The molecule has 3 heterocycles. The van der Waals surface area contributed by atoms with E-state index in [1.807, 2.05) is 15.2 Å². The van der Waals surface area contributed by atoms with Crippen molar-refractivity contribution in [1.29, 1.82) is 0 Å². The Labute approximate surface area is 197 Å². The van der Waals surface area contributed by atoms with E-state index in [4.69, 9.17) is 21.1 Å². The fourth-order valence-corrected chi connectivity index (χ4v) is 3.99. The van der Waals surface area contributed by atoms with Gasteiger partial charge in [-0.25, -0.2) is 9.78 Å². The number of rotatable bonds is 5. The van der Waals surface area contributed by atoms with Gasteiger partial charge in [0, 0.05) is 29.1 Å². The van der Waals surface area contributed by atoms with Gasteiger partial charge in [0.15, 0.2) is 5.82 Å². The van der Waals surface area contributed by atoms with Gasteiger partial charge < -0.3 is 14.0 Å². The second-order valence-electron chi connectivity index (χ2n) is 7.44. The predicted octanol–water partition coefficient (Wildman–Crippen LogP) is 4.18. The maximum absolute atomic E-state index is 12.0. The molecule has 0 amide bonds. The average molecular weight is 481 g/mol. The van der Waals surface area contributed by atoms with E-state index in [9.17, 15) is 14.9 Å². The minimum Gasteiger partial charge on any atom is -0.434 e. The second-order valence-corrected chi connectivity index (χ2v) is 7.88. The van der Waals surface area contributed by atoms with Crippen LogP contribution in [0.15, 0.2) is 48.8 Å². The Morgan fingerprint density at radius 3 is 2.74 bits per heavy atom. The van der Waals surface area contributed by atoms with Gasteiger partial charge in [-0.2, -0.15) is 0 Å². The first kappa shape index (κ1) is 21.6. The van der Waals surface area contributed by atoms with Gasteiger partial charge in [-0.15, -0.1) is 10.2 Å². The first-order valence-electron chi connectivity index (χ1n) is 10.3. The lowest BCUT2D eigenvalue weighted by atomic mass is 10.1. The van der Waals surface area contributed by atoms with Gasteiger partial charge in [0.25, 0.3) is 5.69 Å². The summed E-state index contributed by atoms with van der Waals surface area (Å²) >= 11 is 6.29. The van der Waals surface area contributed by atoms with E-state index in [2.05, 4.69) is 15.2 Å². The number of nitro groups is 1. The predicted molar refractivity (Wildman–Crippen MR) is 120 cm³/mol. The number of halogens is 1. The molecule has 0 unspecified atom stereocenters. The van der Waals surface area contributed by atoms with Gasteiger partial charge in [0.2, 0.25) is 5.88 Å². The molecule has 4 aromatic rings. The third kappa shape index (κ3) is 3.86. The zero-order chi connectivity index (χ0) is 23.8. The molecule has 0 saturated heterocycles. The summed E-state index contributed by atoms with van der Waals surface area (Å²) < 4.78 is 13.9. The third-order valence-corrected chi connectivity index (χ3v) is 5.61. The molecule has 172 valence electrons. The summed E-state index contributed by atoms with van der Waals surface area (Å²) in [5.74, 6) is 1.31. The highest BCUT2D eigenvalue weighted by Crippen LogP contribution is 2.36. The molecule has 11 nitrogen and oxygen atoms in total. The van der Waals surface area contributed by atoms with Crippen molar-refractivity contribution in [2.24, 2.45) is 0 Å². The van der Waals surface area contributed by atoms with Crippen LogP contribution in [0.5, 0.6) is 5.88 Å². The lowest BCUT2D eigenvalue weighted by Gasteiger charge is -2.10. The molecular weight excluding hydrogens is 464 g/mol. The van der Waals surface area contributed by atoms with E-state index in [1.165, 1.54) is 12.1 Å². The van der Waals surface area contributed by atoms with Gasteiger partial charge in [0.05, 0.1) is 23.8 Å². The molecule has 0 aliphatic carbocycles. The van der Waals surface area contributed by atoms with E-state index in [1.54, 1.807) is 37.5 Å². The number of imidazole rings is 1. The largest absolute Gasteiger partial charge is 0.515 e. The molecule has 0 fully saturated rings. The maximum atomic E-state index is 12.0. The topological polar surface area (TPSA) is 127 Å². The van der Waals surface area contributed by atoms with E-state index >= 15 is 0 Å². The van der Waals surface area contributed by atoms with Crippen LogP contribution < -0.4 is 4.74 Å². The van der Waals surface area contributed by atoms with Gasteiger partial charge in [-0.05, 0) is 30.7 Å². The van der Waals surface area contributed by atoms with Gasteiger partial charge in [-0.1, -0.05) is 23.7 Å².